The van der Waals surface area contributed by atoms with Gasteiger partial charge in [0.2, 0.25) is 0 Å². The highest BCUT2D eigenvalue weighted by Crippen LogP contribution is 2.35. The van der Waals surface area contributed by atoms with E-state index in [2.05, 4.69) is 5.32 Å². The van der Waals surface area contributed by atoms with E-state index in [0.29, 0.717) is 37.1 Å². The Labute approximate surface area is 118 Å². The number of benzene rings is 1. The fourth-order valence-corrected chi connectivity index (χ4v) is 2.15. The molecule has 2 rings (SSSR count). The van der Waals surface area contributed by atoms with Gasteiger partial charge in [-0.2, -0.15) is 0 Å². The lowest BCUT2D eigenvalue weighted by Gasteiger charge is -2.13. The molecule has 0 radical (unpaired) electrons. The summed E-state index contributed by atoms with van der Waals surface area (Å²) in [5.41, 5.74) is 0.525. The Kier molecular flexibility index (Phi) is 5.17. The van der Waals surface area contributed by atoms with Crippen LogP contribution >= 0.6 is 0 Å². The van der Waals surface area contributed by atoms with Crippen LogP contribution < -0.4 is 10.1 Å². The molecular weight excluding hydrogens is 260 g/mol. The van der Waals surface area contributed by atoms with Crippen molar-refractivity contribution in [1.29, 1.82) is 0 Å². The molecule has 1 aliphatic rings. The van der Waals surface area contributed by atoms with E-state index >= 15 is 0 Å². The fraction of sp³-hybridized carbons (Fsp3) is 0.571. The van der Waals surface area contributed by atoms with Crippen LogP contribution in [0.2, 0.25) is 0 Å². The summed E-state index contributed by atoms with van der Waals surface area (Å²) >= 11 is 0. The van der Waals surface area contributed by atoms with Crippen molar-refractivity contribution in [2.75, 3.05) is 31.7 Å². The van der Waals surface area contributed by atoms with Gasteiger partial charge in [-0.25, -0.2) is 0 Å². The second-order valence-electron chi connectivity index (χ2n) is 4.88. The van der Waals surface area contributed by atoms with Gasteiger partial charge >= 0.3 is 5.69 Å². The van der Waals surface area contributed by atoms with Gasteiger partial charge in [0, 0.05) is 19.1 Å². The van der Waals surface area contributed by atoms with Gasteiger partial charge < -0.3 is 14.8 Å². The highest BCUT2D eigenvalue weighted by Gasteiger charge is 2.23. The van der Waals surface area contributed by atoms with Crippen molar-refractivity contribution in [2.24, 2.45) is 5.92 Å². The molecule has 110 valence electrons. The Morgan fingerprint density at radius 2 is 2.40 bits per heavy atom. The normalized spacial score (nSPS) is 17.9. The Morgan fingerprint density at radius 1 is 1.55 bits per heavy atom. The van der Waals surface area contributed by atoms with E-state index < -0.39 is 4.92 Å². The Hall–Kier alpha value is -1.82. The minimum absolute atomic E-state index is 0.0138. The first-order chi connectivity index (χ1) is 9.72. The van der Waals surface area contributed by atoms with E-state index in [1.54, 1.807) is 18.2 Å². The highest BCUT2D eigenvalue weighted by molar-refractivity contribution is 5.68. The topological polar surface area (TPSA) is 73.6 Å². The number of nitro groups is 1. The molecule has 6 nitrogen and oxygen atoms in total. The lowest BCUT2D eigenvalue weighted by atomic mass is 10.1. The van der Waals surface area contributed by atoms with Crippen LogP contribution in [-0.4, -0.2) is 31.3 Å². The number of hydrogen-bond acceptors (Lipinski definition) is 5. The molecule has 0 aromatic heterocycles. The minimum Gasteiger partial charge on any atom is -0.486 e. The van der Waals surface area contributed by atoms with E-state index in [-0.39, 0.29) is 5.69 Å². The average molecular weight is 280 g/mol. The first-order valence-electron chi connectivity index (χ1n) is 6.94. The molecule has 1 heterocycles. The van der Waals surface area contributed by atoms with Gasteiger partial charge in [0.05, 0.1) is 18.1 Å². The van der Waals surface area contributed by atoms with Crippen LogP contribution in [0, 0.1) is 16.0 Å². The maximum absolute atomic E-state index is 11.3. The zero-order valence-corrected chi connectivity index (χ0v) is 11.6. The van der Waals surface area contributed by atoms with E-state index in [0.717, 1.165) is 19.4 Å². The maximum Gasteiger partial charge on any atom is 0.333 e. The Balaban J connectivity index is 2.11. The number of hydrogen-bond donors (Lipinski definition) is 1. The van der Waals surface area contributed by atoms with Gasteiger partial charge in [0.25, 0.3) is 0 Å². The van der Waals surface area contributed by atoms with Gasteiger partial charge in [0.15, 0.2) is 5.75 Å². The molecule has 0 aliphatic carbocycles. The molecule has 1 fully saturated rings. The maximum atomic E-state index is 11.3. The van der Waals surface area contributed by atoms with E-state index in [1.807, 2.05) is 6.92 Å². The van der Waals surface area contributed by atoms with Crippen molar-refractivity contribution in [3.05, 3.63) is 28.3 Å². The van der Waals surface area contributed by atoms with Crippen molar-refractivity contribution in [3.8, 4) is 5.75 Å². The van der Waals surface area contributed by atoms with E-state index in [1.165, 1.54) is 0 Å². The average Bonchev–Trinajstić information content (AvgIpc) is 2.95. The molecular formula is C14H20N2O4. The summed E-state index contributed by atoms with van der Waals surface area (Å²) in [5, 5.41) is 14.3. The summed E-state index contributed by atoms with van der Waals surface area (Å²) in [6.07, 6.45) is 1.85. The number of nitrogens with one attached hydrogen (secondary N) is 1. The lowest BCUT2D eigenvalue weighted by Crippen LogP contribution is -2.13. The molecule has 1 unspecified atom stereocenters. The summed E-state index contributed by atoms with van der Waals surface area (Å²) in [6, 6.07) is 5.12. The quantitative estimate of drug-likeness (QED) is 0.614. The van der Waals surface area contributed by atoms with Crippen LogP contribution in [-0.2, 0) is 4.74 Å². The van der Waals surface area contributed by atoms with Crippen molar-refractivity contribution >= 4 is 11.4 Å². The molecule has 1 aromatic carbocycles. The Morgan fingerprint density at radius 3 is 3.05 bits per heavy atom. The molecule has 0 bridgehead atoms. The molecule has 1 aromatic rings. The predicted molar refractivity (Wildman–Crippen MR) is 76.3 cm³/mol. The number of rotatable bonds is 7. The molecule has 1 aliphatic heterocycles. The molecule has 0 saturated carbocycles. The van der Waals surface area contributed by atoms with Crippen molar-refractivity contribution in [3.63, 3.8) is 0 Å². The van der Waals surface area contributed by atoms with Crippen LogP contribution in [0.1, 0.15) is 19.8 Å². The minimum atomic E-state index is -0.390. The van der Waals surface area contributed by atoms with Crippen molar-refractivity contribution < 1.29 is 14.4 Å². The third kappa shape index (κ3) is 3.60. The smallest absolute Gasteiger partial charge is 0.333 e. The zero-order valence-electron chi connectivity index (χ0n) is 11.6. The summed E-state index contributed by atoms with van der Waals surface area (Å²) < 4.78 is 10.9. The highest BCUT2D eigenvalue weighted by atomic mass is 16.6. The van der Waals surface area contributed by atoms with Gasteiger partial charge in [-0.3, -0.25) is 10.1 Å². The second-order valence-corrected chi connectivity index (χ2v) is 4.88. The van der Waals surface area contributed by atoms with Crippen LogP contribution in [0.25, 0.3) is 0 Å². The van der Waals surface area contributed by atoms with Crippen LogP contribution in [0.15, 0.2) is 18.2 Å². The summed E-state index contributed by atoms with van der Waals surface area (Å²) in [5.74, 6) is 0.643. The van der Waals surface area contributed by atoms with Crippen molar-refractivity contribution in [2.45, 2.75) is 19.8 Å². The third-order valence-electron chi connectivity index (χ3n) is 3.25. The largest absolute Gasteiger partial charge is 0.486 e. The fourth-order valence-electron chi connectivity index (χ4n) is 2.15. The number of nitro benzene ring substituents is 1. The van der Waals surface area contributed by atoms with Crippen molar-refractivity contribution in [1.82, 2.24) is 0 Å². The van der Waals surface area contributed by atoms with Crippen LogP contribution in [0.3, 0.4) is 0 Å². The SMILES string of the molecule is CCCNc1cccc(OCC2CCOC2)c1[N+](=O)[O-]. The number of ether oxygens (including phenoxy) is 2. The van der Waals surface area contributed by atoms with Gasteiger partial charge in [-0.1, -0.05) is 13.0 Å². The standard InChI is InChI=1S/C14H20N2O4/c1-2-7-15-12-4-3-5-13(14(12)16(17)18)20-10-11-6-8-19-9-11/h3-5,11,15H,2,6-10H2,1H3. The lowest BCUT2D eigenvalue weighted by molar-refractivity contribution is -0.385. The number of nitrogens with zero attached hydrogens (tertiary/aromatic N) is 1. The molecule has 0 amide bonds. The van der Waals surface area contributed by atoms with E-state index in [9.17, 15) is 10.1 Å². The second kappa shape index (κ2) is 7.09. The van der Waals surface area contributed by atoms with Crippen LogP contribution in [0.5, 0.6) is 5.75 Å². The monoisotopic (exact) mass is 280 g/mol. The van der Waals surface area contributed by atoms with Gasteiger partial charge in [-0.15, -0.1) is 0 Å². The number of para-hydroxylation sites is 1. The molecule has 1 N–H and O–H groups in total. The van der Waals surface area contributed by atoms with E-state index in [4.69, 9.17) is 9.47 Å². The zero-order chi connectivity index (χ0) is 14.4. The molecule has 1 atom stereocenters. The number of anilines is 1. The predicted octanol–water partition coefficient (Wildman–Crippen LogP) is 2.83. The van der Waals surface area contributed by atoms with Gasteiger partial charge in [-0.05, 0) is 25.0 Å². The Bertz CT molecular complexity index is 458. The third-order valence-corrected chi connectivity index (χ3v) is 3.25. The summed E-state index contributed by atoms with van der Waals surface area (Å²) in [4.78, 5) is 10.9. The first-order valence-corrected chi connectivity index (χ1v) is 6.94. The molecule has 1 saturated heterocycles. The summed E-state index contributed by atoms with van der Waals surface area (Å²) in [6.45, 7) is 4.58. The molecule has 20 heavy (non-hydrogen) atoms. The molecule has 0 spiro atoms. The van der Waals surface area contributed by atoms with Gasteiger partial charge in [0.1, 0.15) is 5.69 Å². The first kappa shape index (κ1) is 14.6. The van der Waals surface area contributed by atoms with Crippen LogP contribution in [0.4, 0.5) is 11.4 Å². The summed E-state index contributed by atoms with van der Waals surface area (Å²) in [7, 11) is 0. The molecule has 6 heteroatoms.